The number of rotatable bonds is 13. The van der Waals surface area contributed by atoms with Gasteiger partial charge in [0.25, 0.3) is 0 Å². The predicted octanol–water partition coefficient (Wildman–Crippen LogP) is 3.17. The second-order valence-electron chi connectivity index (χ2n) is 9.78. The summed E-state index contributed by atoms with van der Waals surface area (Å²) in [5.74, 6) is 2.67. The van der Waals surface area contributed by atoms with Crippen molar-refractivity contribution in [3.05, 3.63) is 18.2 Å². The number of ether oxygens (including phenoxy) is 2. The van der Waals surface area contributed by atoms with Crippen LogP contribution in [0.3, 0.4) is 0 Å². The number of nitrogens with zero attached hydrogens (tertiary/aromatic N) is 1. The van der Waals surface area contributed by atoms with Crippen LogP contribution in [0.1, 0.15) is 58.8 Å². The molecule has 2 atom stereocenters. The molecular weight excluding hydrogens is 454 g/mol. The Morgan fingerprint density at radius 2 is 1.68 bits per heavy atom. The van der Waals surface area contributed by atoms with E-state index in [4.69, 9.17) is 9.47 Å². The molecule has 2 aliphatic heterocycles. The average molecular weight is 496 g/mol. The summed E-state index contributed by atoms with van der Waals surface area (Å²) in [6.07, 6.45) is 6.16. The summed E-state index contributed by atoms with van der Waals surface area (Å²) in [6, 6.07) is 4.64. The first kappa shape index (κ1) is 26.8. The minimum atomic E-state index is -3.60. The SMILES string of the molecule is CC1CC(C)CN(CCCCNC(=O)CCCCCNS(=O)(=O)c2ccc3c(c2)OCCO3)C1. The molecule has 0 bridgehead atoms. The van der Waals surface area contributed by atoms with Crippen LogP contribution in [-0.4, -0.2) is 65.2 Å². The molecule has 1 aromatic rings. The van der Waals surface area contributed by atoms with E-state index in [9.17, 15) is 13.2 Å². The Morgan fingerprint density at radius 1 is 0.971 bits per heavy atom. The van der Waals surface area contributed by atoms with Crippen molar-refractivity contribution >= 4 is 15.9 Å². The lowest BCUT2D eigenvalue weighted by atomic mass is 9.92. The number of hydrogen-bond donors (Lipinski definition) is 2. The Hall–Kier alpha value is -1.84. The van der Waals surface area contributed by atoms with E-state index in [1.807, 2.05) is 0 Å². The molecule has 2 unspecified atom stereocenters. The fraction of sp³-hybridized carbons (Fsp3) is 0.720. The van der Waals surface area contributed by atoms with E-state index in [0.29, 0.717) is 44.1 Å². The van der Waals surface area contributed by atoms with Gasteiger partial charge >= 0.3 is 0 Å². The highest BCUT2D eigenvalue weighted by Crippen LogP contribution is 2.32. The molecule has 3 rings (SSSR count). The predicted molar refractivity (Wildman–Crippen MR) is 133 cm³/mol. The topological polar surface area (TPSA) is 97.0 Å². The lowest BCUT2D eigenvalue weighted by Crippen LogP contribution is -2.39. The first-order chi connectivity index (χ1) is 16.3. The third kappa shape index (κ3) is 8.74. The van der Waals surface area contributed by atoms with Crippen LogP contribution >= 0.6 is 0 Å². The van der Waals surface area contributed by atoms with Crippen molar-refractivity contribution in [3.63, 3.8) is 0 Å². The van der Waals surface area contributed by atoms with Gasteiger partial charge in [0.1, 0.15) is 13.2 Å². The highest BCUT2D eigenvalue weighted by Gasteiger charge is 2.21. The van der Waals surface area contributed by atoms with Gasteiger partial charge in [-0.25, -0.2) is 13.1 Å². The Kier molecular flexibility index (Phi) is 10.5. The molecule has 2 N–H and O–H groups in total. The molecule has 1 amide bonds. The van der Waals surface area contributed by atoms with E-state index in [-0.39, 0.29) is 10.8 Å². The zero-order valence-corrected chi connectivity index (χ0v) is 21.5. The number of piperidine rings is 1. The number of benzene rings is 1. The van der Waals surface area contributed by atoms with Crippen LogP contribution in [0.4, 0.5) is 0 Å². The highest BCUT2D eigenvalue weighted by molar-refractivity contribution is 7.89. The largest absolute Gasteiger partial charge is 0.486 e. The van der Waals surface area contributed by atoms with Gasteiger partial charge in [0.2, 0.25) is 15.9 Å². The van der Waals surface area contributed by atoms with Crippen molar-refractivity contribution in [2.45, 2.75) is 63.7 Å². The number of hydrogen-bond acceptors (Lipinski definition) is 6. The molecule has 0 aromatic heterocycles. The van der Waals surface area contributed by atoms with Crippen molar-refractivity contribution in [2.24, 2.45) is 11.8 Å². The van der Waals surface area contributed by atoms with Crippen LogP contribution in [0.5, 0.6) is 11.5 Å². The van der Waals surface area contributed by atoms with Gasteiger partial charge in [0.05, 0.1) is 4.90 Å². The number of sulfonamides is 1. The summed E-state index contributed by atoms with van der Waals surface area (Å²) in [7, 11) is -3.60. The molecule has 0 spiro atoms. The van der Waals surface area contributed by atoms with Gasteiger partial charge in [-0.1, -0.05) is 20.3 Å². The van der Waals surface area contributed by atoms with E-state index in [1.54, 1.807) is 6.07 Å². The number of nitrogens with one attached hydrogen (secondary N) is 2. The zero-order chi connectivity index (χ0) is 24.4. The Balaban J connectivity index is 1.21. The van der Waals surface area contributed by atoms with Crippen molar-refractivity contribution in [1.29, 1.82) is 0 Å². The number of unbranched alkanes of at least 4 members (excludes halogenated alkanes) is 3. The fourth-order valence-electron chi connectivity index (χ4n) is 4.82. The summed E-state index contributed by atoms with van der Waals surface area (Å²) < 4.78 is 38.5. The molecule has 8 nitrogen and oxygen atoms in total. The molecule has 34 heavy (non-hydrogen) atoms. The van der Waals surface area contributed by atoms with Crippen LogP contribution in [0, 0.1) is 11.8 Å². The maximum absolute atomic E-state index is 12.5. The van der Waals surface area contributed by atoms with E-state index >= 15 is 0 Å². The second kappa shape index (κ2) is 13.3. The summed E-state index contributed by atoms with van der Waals surface area (Å²) in [4.78, 5) is 14.8. The third-order valence-corrected chi connectivity index (χ3v) is 7.82. The molecule has 1 aromatic carbocycles. The molecule has 1 saturated heterocycles. The molecule has 1 fully saturated rings. The molecule has 2 heterocycles. The number of likely N-dealkylation sites (tertiary alicyclic amines) is 1. The summed E-state index contributed by atoms with van der Waals surface area (Å²) in [6.45, 7) is 10.1. The molecule has 2 aliphatic rings. The molecule has 0 saturated carbocycles. The number of amides is 1. The number of fused-ring (bicyclic) bond motifs is 1. The minimum absolute atomic E-state index is 0.0806. The van der Waals surface area contributed by atoms with Gasteiger partial charge in [-0.2, -0.15) is 0 Å². The molecule has 9 heteroatoms. The summed E-state index contributed by atoms with van der Waals surface area (Å²) in [5.41, 5.74) is 0. The van der Waals surface area contributed by atoms with Crippen molar-refractivity contribution in [3.8, 4) is 11.5 Å². The van der Waals surface area contributed by atoms with Crippen LogP contribution < -0.4 is 19.5 Å². The maximum Gasteiger partial charge on any atom is 0.240 e. The number of carbonyl (C=O) groups is 1. The van der Waals surface area contributed by atoms with E-state index in [2.05, 4.69) is 28.8 Å². The lowest BCUT2D eigenvalue weighted by Gasteiger charge is -2.34. The minimum Gasteiger partial charge on any atom is -0.486 e. The summed E-state index contributed by atoms with van der Waals surface area (Å²) in [5, 5.41) is 3.01. The van der Waals surface area contributed by atoms with Gasteiger partial charge < -0.3 is 19.7 Å². The van der Waals surface area contributed by atoms with Gasteiger partial charge in [0, 0.05) is 38.7 Å². The molecule has 0 aliphatic carbocycles. The Bertz CT molecular complexity index is 883. The fourth-order valence-corrected chi connectivity index (χ4v) is 5.91. The van der Waals surface area contributed by atoms with Crippen molar-refractivity contribution in [2.75, 3.05) is 45.9 Å². The van der Waals surface area contributed by atoms with Crippen LogP contribution in [0.2, 0.25) is 0 Å². The van der Waals surface area contributed by atoms with Gasteiger partial charge in [-0.15, -0.1) is 0 Å². The quantitative estimate of drug-likeness (QED) is 0.408. The van der Waals surface area contributed by atoms with Gasteiger partial charge in [-0.3, -0.25) is 4.79 Å². The monoisotopic (exact) mass is 495 g/mol. The van der Waals surface area contributed by atoms with Crippen molar-refractivity contribution in [1.82, 2.24) is 14.9 Å². The van der Waals surface area contributed by atoms with Gasteiger partial charge in [0.15, 0.2) is 11.5 Å². The van der Waals surface area contributed by atoms with Crippen LogP contribution in [0.25, 0.3) is 0 Å². The van der Waals surface area contributed by atoms with Crippen molar-refractivity contribution < 1.29 is 22.7 Å². The lowest BCUT2D eigenvalue weighted by molar-refractivity contribution is -0.121. The smallest absolute Gasteiger partial charge is 0.240 e. The molecule has 192 valence electrons. The first-order valence-corrected chi connectivity index (χ1v) is 14.2. The summed E-state index contributed by atoms with van der Waals surface area (Å²) >= 11 is 0. The number of carbonyl (C=O) groups excluding carboxylic acids is 1. The standard InChI is InChI=1S/C25H41N3O5S/c1-20-16-21(2)19-28(18-20)13-7-6-11-26-25(29)8-4-3-5-12-27-34(30,31)22-9-10-23-24(17-22)33-15-14-32-23/h9-10,17,20-21,27H,3-8,11-16,18-19H2,1-2H3,(H,26,29). The van der Waals surface area contributed by atoms with Crippen LogP contribution in [0.15, 0.2) is 23.1 Å². The van der Waals surface area contributed by atoms with E-state index in [0.717, 1.165) is 50.6 Å². The Morgan fingerprint density at radius 3 is 2.44 bits per heavy atom. The molecular formula is C25H41N3O5S. The first-order valence-electron chi connectivity index (χ1n) is 12.7. The third-order valence-electron chi connectivity index (χ3n) is 6.36. The van der Waals surface area contributed by atoms with Crippen LogP contribution in [-0.2, 0) is 14.8 Å². The Labute approximate surface area is 204 Å². The normalized spacial score (nSPS) is 20.8. The van der Waals surface area contributed by atoms with E-state index in [1.165, 1.54) is 31.6 Å². The highest BCUT2D eigenvalue weighted by atomic mass is 32.2. The second-order valence-corrected chi connectivity index (χ2v) is 11.5. The average Bonchev–Trinajstić information content (AvgIpc) is 2.80. The maximum atomic E-state index is 12.5. The van der Waals surface area contributed by atoms with E-state index < -0.39 is 10.0 Å². The van der Waals surface area contributed by atoms with Gasteiger partial charge in [-0.05, 0) is 62.6 Å². The zero-order valence-electron chi connectivity index (χ0n) is 20.7. The molecule has 0 radical (unpaired) electrons.